The van der Waals surface area contributed by atoms with Gasteiger partial charge in [0.1, 0.15) is 15.4 Å². The maximum absolute atomic E-state index is 13.1. The van der Waals surface area contributed by atoms with E-state index in [4.69, 9.17) is 4.74 Å². The van der Waals surface area contributed by atoms with Gasteiger partial charge in [-0.2, -0.15) is 17.9 Å². The number of benzene rings is 1. The number of hydrogen-bond donors (Lipinski definition) is 2. The Labute approximate surface area is 190 Å². The Balaban J connectivity index is 1.65. The topological polar surface area (TPSA) is 119 Å². The Morgan fingerprint density at radius 3 is 2.55 bits per heavy atom. The lowest BCUT2D eigenvalue weighted by Gasteiger charge is -2.15. The van der Waals surface area contributed by atoms with Crippen molar-refractivity contribution < 1.29 is 40.8 Å². The van der Waals surface area contributed by atoms with Gasteiger partial charge in [0.2, 0.25) is 5.76 Å². The van der Waals surface area contributed by atoms with Crippen molar-refractivity contribution in [3.05, 3.63) is 59.9 Å². The molecule has 0 aliphatic heterocycles. The number of hydrogen-bond acceptors (Lipinski definition) is 7. The highest BCUT2D eigenvalue weighted by Crippen LogP contribution is 2.58. The molecule has 1 aliphatic carbocycles. The number of carboxylic acid groups (broad SMARTS) is 1. The predicted octanol–water partition coefficient (Wildman–Crippen LogP) is 3.58. The Kier molecular flexibility index (Phi) is 5.85. The van der Waals surface area contributed by atoms with Gasteiger partial charge in [0, 0.05) is 25.0 Å². The van der Waals surface area contributed by atoms with Crippen molar-refractivity contribution in [1.82, 2.24) is 9.88 Å². The fourth-order valence-corrected chi connectivity index (χ4v) is 6.58. The third-order valence-corrected chi connectivity index (χ3v) is 8.50. The number of rotatable bonds is 8. The molecule has 4 rings (SSSR count). The van der Waals surface area contributed by atoms with Crippen LogP contribution in [0.2, 0.25) is 0 Å². The number of carboxylic acids is 1. The Morgan fingerprint density at radius 2 is 1.97 bits per heavy atom. The molecule has 0 saturated heterocycles. The van der Waals surface area contributed by atoms with Gasteiger partial charge in [0.25, 0.3) is 10.0 Å². The summed E-state index contributed by atoms with van der Waals surface area (Å²) in [4.78, 5) is 12.4. The second-order valence-corrected chi connectivity index (χ2v) is 10.4. The number of ether oxygens (including phenoxy) is 1. The molecule has 13 heteroatoms. The van der Waals surface area contributed by atoms with Crippen LogP contribution < -0.4 is 4.72 Å². The summed E-state index contributed by atoms with van der Waals surface area (Å²) in [7, 11) is -2.96. The zero-order valence-electron chi connectivity index (χ0n) is 16.9. The summed E-state index contributed by atoms with van der Waals surface area (Å²) in [5, 5.41) is 13.3. The van der Waals surface area contributed by atoms with Gasteiger partial charge in [-0.1, -0.05) is 35.5 Å². The molecule has 2 N–H and O–H groups in total. The van der Waals surface area contributed by atoms with Crippen molar-refractivity contribution >= 4 is 27.3 Å². The van der Waals surface area contributed by atoms with Crippen LogP contribution in [-0.4, -0.2) is 43.9 Å². The van der Waals surface area contributed by atoms with Crippen LogP contribution in [0.15, 0.2) is 57.3 Å². The number of thiophene rings is 1. The summed E-state index contributed by atoms with van der Waals surface area (Å²) in [5.74, 6) is -4.01. The molecule has 0 radical (unpaired) electrons. The molecular formula is C20H17F3N2O6S2. The van der Waals surface area contributed by atoms with Crippen molar-refractivity contribution in [1.29, 1.82) is 0 Å². The maximum Gasteiger partial charge on any atom is 0.452 e. The van der Waals surface area contributed by atoms with E-state index in [0.717, 1.165) is 0 Å². The highest BCUT2D eigenvalue weighted by Gasteiger charge is 2.72. The molecule has 2 unspecified atom stereocenters. The molecule has 3 aromatic rings. The largest absolute Gasteiger partial charge is 0.480 e. The first-order valence-electron chi connectivity index (χ1n) is 9.46. The highest BCUT2D eigenvalue weighted by atomic mass is 32.2. The normalized spacial score (nSPS) is 22.9. The minimum Gasteiger partial charge on any atom is -0.480 e. The maximum atomic E-state index is 13.1. The van der Waals surface area contributed by atoms with Gasteiger partial charge in [-0.3, -0.25) is 4.79 Å². The number of alkyl halides is 3. The first kappa shape index (κ1) is 23.4. The van der Waals surface area contributed by atoms with E-state index in [1.54, 1.807) is 30.3 Å². The summed E-state index contributed by atoms with van der Waals surface area (Å²) in [6.45, 7) is 0.00320. The quantitative estimate of drug-likeness (QED) is 0.483. The van der Waals surface area contributed by atoms with Crippen LogP contribution in [-0.2, 0) is 25.7 Å². The second-order valence-electron chi connectivity index (χ2n) is 7.42. The third-order valence-electron chi connectivity index (χ3n) is 5.42. The monoisotopic (exact) mass is 502 g/mol. The minimum atomic E-state index is -4.73. The van der Waals surface area contributed by atoms with E-state index >= 15 is 0 Å². The lowest BCUT2D eigenvalue weighted by atomic mass is 10.1. The van der Waals surface area contributed by atoms with E-state index in [0.29, 0.717) is 23.0 Å². The average Bonchev–Trinajstić information content (AvgIpc) is 3.17. The summed E-state index contributed by atoms with van der Waals surface area (Å²) in [6.07, 6.45) is -4.73. The molecule has 8 nitrogen and oxygen atoms in total. The van der Waals surface area contributed by atoms with Crippen LogP contribution in [0.5, 0.6) is 0 Å². The minimum absolute atomic E-state index is 0.00320. The van der Waals surface area contributed by atoms with Crippen molar-refractivity contribution in [3.63, 3.8) is 0 Å². The third kappa shape index (κ3) is 4.16. The van der Waals surface area contributed by atoms with Crippen LogP contribution >= 0.6 is 11.3 Å². The number of aliphatic carboxylic acids is 1. The van der Waals surface area contributed by atoms with Crippen LogP contribution in [0.1, 0.15) is 17.2 Å². The van der Waals surface area contributed by atoms with Crippen LogP contribution in [0.3, 0.4) is 0 Å². The molecule has 0 bridgehead atoms. The Morgan fingerprint density at radius 1 is 1.27 bits per heavy atom. The smallest absolute Gasteiger partial charge is 0.452 e. The van der Waals surface area contributed by atoms with Gasteiger partial charge in [0.15, 0.2) is 0 Å². The van der Waals surface area contributed by atoms with E-state index < -0.39 is 45.3 Å². The number of halogens is 3. The number of methoxy groups -OCH3 is 1. The van der Waals surface area contributed by atoms with Crippen molar-refractivity contribution in [2.45, 2.75) is 21.8 Å². The average molecular weight is 502 g/mol. The Bertz CT molecular complexity index is 1270. The van der Waals surface area contributed by atoms with Crippen LogP contribution in [0, 0.1) is 5.92 Å². The number of nitrogens with one attached hydrogen (secondary N) is 1. The predicted molar refractivity (Wildman–Crippen MR) is 110 cm³/mol. The van der Waals surface area contributed by atoms with Gasteiger partial charge in [-0.15, -0.1) is 11.3 Å². The molecule has 176 valence electrons. The molecule has 3 atom stereocenters. The molecule has 1 saturated carbocycles. The molecule has 2 heterocycles. The molecule has 33 heavy (non-hydrogen) atoms. The van der Waals surface area contributed by atoms with E-state index in [1.807, 2.05) is 0 Å². The molecule has 1 aliphatic rings. The fraction of sp³-hybridized carbons (Fsp3) is 0.300. The van der Waals surface area contributed by atoms with E-state index in [9.17, 15) is 31.5 Å². The summed E-state index contributed by atoms with van der Waals surface area (Å²) in [6, 6.07) is 11.7. The molecule has 1 fully saturated rings. The zero-order chi connectivity index (χ0) is 24.0. The molecule has 0 amide bonds. The zero-order valence-corrected chi connectivity index (χ0v) is 18.5. The highest BCUT2D eigenvalue weighted by molar-refractivity contribution is 7.91. The van der Waals surface area contributed by atoms with E-state index in [-0.39, 0.29) is 21.4 Å². The second kappa shape index (κ2) is 8.24. The fourth-order valence-electron chi connectivity index (χ4n) is 3.90. The molecule has 0 spiro atoms. The molecular weight excluding hydrogens is 485 g/mol. The van der Waals surface area contributed by atoms with Gasteiger partial charge in [-0.25, -0.2) is 8.42 Å². The lowest BCUT2D eigenvalue weighted by Crippen LogP contribution is -2.46. The number of nitrogens with zero attached hydrogens (tertiary/aromatic N) is 1. The van der Waals surface area contributed by atoms with Crippen LogP contribution in [0.25, 0.3) is 10.6 Å². The number of carbonyl (C=O) groups is 1. The van der Waals surface area contributed by atoms with Crippen molar-refractivity contribution in [3.8, 4) is 10.6 Å². The van der Waals surface area contributed by atoms with Gasteiger partial charge in [0.05, 0.1) is 11.5 Å². The molecule has 2 aromatic heterocycles. The standard InChI is InChI=1S/C20H17F3N2O6S2/c1-30-10-12-17(11-5-3-2-4-6-11)19(12,18(26)27)25-33(28,29)16-8-7-14(32-16)13-9-15(31-24-13)20(21,22)23/h2-9,12,17,25H,10H2,1H3,(H,26,27)/t12?,17-,19?/m0/s1. The van der Waals surface area contributed by atoms with Gasteiger partial charge < -0.3 is 14.4 Å². The van der Waals surface area contributed by atoms with E-state index in [2.05, 4.69) is 14.4 Å². The van der Waals surface area contributed by atoms with Gasteiger partial charge in [-0.05, 0) is 17.7 Å². The first-order chi connectivity index (χ1) is 15.5. The summed E-state index contributed by atoms with van der Waals surface area (Å²) in [5.41, 5.74) is -1.39. The lowest BCUT2D eigenvalue weighted by molar-refractivity contribution is -0.155. The Hall–Kier alpha value is -2.74. The number of aromatic nitrogens is 1. The summed E-state index contributed by atoms with van der Waals surface area (Å²) >= 11 is 0.644. The molecule has 1 aromatic carbocycles. The van der Waals surface area contributed by atoms with Crippen molar-refractivity contribution in [2.75, 3.05) is 13.7 Å². The SMILES string of the molecule is COCC1[C@H](c2ccccc2)C1(NS(=O)(=O)c1ccc(-c2cc(C(F)(F)F)on2)s1)C(=O)O. The first-order valence-corrected chi connectivity index (χ1v) is 11.8. The summed E-state index contributed by atoms with van der Waals surface area (Å²) < 4.78 is 75.9. The van der Waals surface area contributed by atoms with Crippen molar-refractivity contribution in [2.24, 2.45) is 5.92 Å². The van der Waals surface area contributed by atoms with Crippen LogP contribution in [0.4, 0.5) is 13.2 Å². The van der Waals surface area contributed by atoms with Gasteiger partial charge >= 0.3 is 12.1 Å². The number of sulfonamides is 1. The van der Waals surface area contributed by atoms with E-state index in [1.165, 1.54) is 19.2 Å².